The van der Waals surface area contributed by atoms with Crippen LogP contribution in [0.4, 0.5) is 0 Å². The van der Waals surface area contributed by atoms with Gasteiger partial charge in [-0.3, -0.25) is 4.79 Å². The molecule has 0 radical (unpaired) electrons. The summed E-state index contributed by atoms with van der Waals surface area (Å²) < 4.78 is 21.3. The van der Waals surface area contributed by atoms with Gasteiger partial charge in [0.05, 0.1) is 12.6 Å². The molecule has 2 aliphatic heterocycles. The van der Waals surface area contributed by atoms with Gasteiger partial charge in [-0.2, -0.15) is 0 Å². The molecule has 2 aliphatic rings. The molecular formula is C18H17NO6. The molecule has 0 aliphatic carbocycles. The van der Waals surface area contributed by atoms with E-state index in [1.807, 2.05) is 6.07 Å². The molecule has 130 valence electrons. The molecule has 0 unspecified atom stereocenters. The van der Waals surface area contributed by atoms with Crippen LogP contribution in [0.15, 0.2) is 36.4 Å². The number of ether oxygens (including phenoxy) is 4. The second kappa shape index (κ2) is 6.62. The maximum atomic E-state index is 13.0. The van der Waals surface area contributed by atoms with Crippen LogP contribution in [0.5, 0.6) is 23.0 Å². The summed E-state index contributed by atoms with van der Waals surface area (Å²) in [5.41, 5.74) is 1.23. The van der Waals surface area contributed by atoms with Crippen LogP contribution in [0.2, 0.25) is 0 Å². The van der Waals surface area contributed by atoms with Crippen molar-refractivity contribution in [2.75, 3.05) is 26.7 Å². The van der Waals surface area contributed by atoms with Crippen molar-refractivity contribution in [1.82, 2.24) is 5.32 Å². The normalized spacial score (nSPS) is 15.2. The second-order valence-electron chi connectivity index (χ2n) is 5.66. The van der Waals surface area contributed by atoms with E-state index >= 15 is 0 Å². The maximum Gasteiger partial charge on any atom is 0.231 e. The predicted octanol–water partition coefficient (Wildman–Crippen LogP) is 1.65. The highest BCUT2D eigenvalue weighted by molar-refractivity contribution is 6.01. The molecular weight excluding hydrogens is 326 g/mol. The molecule has 4 rings (SSSR count). The fourth-order valence-corrected chi connectivity index (χ4v) is 2.88. The number of ketones is 1. The van der Waals surface area contributed by atoms with Crippen LogP contribution >= 0.6 is 0 Å². The summed E-state index contributed by atoms with van der Waals surface area (Å²) in [7, 11) is 0. The minimum absolute atomic E-state index is 0.0739. The molecule has 0 fully saturated rings. The van der Waals surface area contributed by atoms with Crippen LogP contribution in [0.25, 0.3) is 0 Å². The van der Waals surface area contributed by atoms with Crippen molar-refractivity contribution in [3.05, 3.63) is 47.5 Å². The highest BCUT2D eigenvalue weighted by Crippen LogP contribution is 2.36. The lowest BCUT2D eigenvalue weighted by molar-refractivity contribution is 0.0939. The summed E-state index contributed by atoms with van der Waals surface area (Å²) in [6.45, 7) is 0.538. The van der Waals surface area contributed by atoms with Crippen molar-refractivity contribution >= 4 is 5.78 Å². The van der Waals surface area contributed by atoms with Gasteiger partial charge in [-0.05, 0) is 35.9 Å². The molecule has 2 aromatic rings. The zero-order chi connectivity index (χ0) is 17.2. The van der Waals surface area contributed by atoms with E-state index in [0.717, 1.165) is 5.56 Å². The van der Waals surface area contributed by atoms with Crippen molar-refractivity contribution in [2.24, 2.45) is 0 Å². The van der Waals surface area contributed by atoms with Gasteiger partial charge in [-0.15, -0.1) is 0 Å². The summed E-state index contributed by atoms with van der Waals surface area (Å²) in [6.07, 6.45) is 0. The lowest BCUT2D eigenvalue weighted by Gasteiger charge is -2.18. The number of benzene rings is 2. The Balaban J connectivity index is 1.65. The number of aliphatic hydroxyl groups is 1. The van der Waals surface area contributed by atoms with Crippen LogP contribution < -0.4 is 24.3 Å². The molecule has 0 aromatic heterocycles. The minimum atomic E-state index is -0.623. The topological polar surface area (TPSA) is 86.3 Å². The quantitative estimate of drug-likeness (QED) is 0.771. The fraction of sp³-hybridized carbons (Fsp3) is 0.278. The van der Waals surface area contributed by atoms with Gasteiger partial charge in [0.25, 0.3) is 0 Å². The van der Waals surface area contributed by atoms with E-state index in [9.17, 15) is 4.79 Å². The highest BCUT2D eigenvalue weighted by Gasteiger charge is 2.26. The average molecular weight is 343 g/mol. The molecule has 2 N–H and O–H groups in total. The van der Waals surface area contributed by atoms with Crippen LogP contribution in [0.1, 0.15) is 22.0 Å². The van der Waals surface area contributed by atoms with Crippen molar-refractivity contribution in [3.63, 3.8) is 0 Å². The number of nitrogens with one attached hydrogen (secondary N) is 1. The molecule has 0 saturated heterocycles. The Hall–Kier alpha value is -2.77. The van der Waals surface area contributed by atoms with E-state index in [2.05, 4.69) is 5.32 Å². The standard InChI is InChI=1S/C18H17NO6/c20-6-5-19-17(11-1-3-13-15(7-11)24-9-22-13)18(21)12-2-4-14-16(8-12)25-10-23-14/h1-4,7-8,17,19-20H,5-6,9-10H2/t17-/m1/s1. The zero-order valence-corrected chi connectivity index (χ0v) is 13.4. The van der Waals surface area contributed by atoms with Gasteiger partial charge >= 0.3 is 0 Å². The van der Waals surface area contributed by atoms with Gasteiger partial charge in [0, 0.05) is 12.1 Å². The first-order chi connectivity index (χ1) is 12.3. The van der Waals surface area contributed by atoms with Crippen molar-refractivity contribution in [2.45, 2.75) is 6.04 Å². The lowest BCUT2D eigenvalue weighted by Crippen LogP contribution is -2.31. The van der Waals surface area contributed by atoms with Crippen LogP contribution in [-0.4, -0.2) is 37.6 Å². The summed E-state index contributed by atoms with van der Waals surface area (Å²) in [5.74, 6) is 2.30. The van der Waals surface area contributed by atoms with Crippen molar-refractivity contribution in [3.8, 4) is 23.0 Å². The van der Waals surface area contributed by atoms with Crippen molar-refractivity contribution in [1.29, 1.82) is 0 Å². The number of rotatable bonds is 6. The smallest absolute Gasteiger partial charge is 0.231 e. The number of fused-ring (bicyclic) bond motifs is 2. The summed E-state index contributed by atoms with van der Waals surface area (Å²) in [6, 6.07) is 9.84. The first-order valence-electron chi connectivity index (χ1n) is 7.94. The number of hydrogen-bond donors (Lipinski definition) is 2. The molecule has 7 heteroatoms. The Bertz CT molecular complexity index is 806. The van der Waals surface area contributed by atoms with E-state index in [0.29, 0.717) is 28.6 Å². The molecule has 2 heterocycles. The van der Waals surface area contributed by atoms with E-state index in [4.69, 9.17) is 24.1 Å². The summed E-state index contributed by atoms with van der Waals surface area (Å²) >= 11 is 0. The van der Waals surface area contributed by atoms with Gasteiger partial charge < -0.3 is 29.4 Å². The first-order valence-corrected chi connectivity index (χ1v) is 7.94. The van der Waals surface area contributed by atoms with E-state index in [1.54, 1.807) is 30.3 Å². The van der Waals surface area contributed by atoms with E-state index < -0.39 is 6.04 Å². The Morgan fingerprint density at radius 3 is 2.32 bits per heavy atom. The molecule has 0 saturated carbocycles. The fourth-order valence-electron chi connectivity index (χ4n) is 2.88. The van der Waals surface area contributed by atoms with Crippen LogP contribution in [0, 0.1) is 0 Å². The number of hydrogen-bond acceptors (Lipinski definition) is 7. The average Bonchev–Trinajstić information content (AvgIpc) is 3.29. The molecule has 0 bridgehead atoms. The SMILES string of the molecule is O=C(c1ccc2c(c1)OCO2)[C@H](NCCO)c1ccc2c(c1)OCO2. The van der Waals surface area contributed by atoms with Crippen LogP contribution in [0.3, 0.4) is 0 Å². The number of Topliss-reactive ketones (excluding diaryl/α,β-unsaturated/α-hetero) is 1. The molecule has 2 aromatic carbocycles. The number of carbonyl (C=O) groups excluding carboxylic acids is 1. The molecule has 7 nitrogen and oxygen atoms in total. The van der Waals surface area contributed by atoms with Crippen molar-refractivity contribution < 1.29 is 28.8 Å². The van der Waals surface area contributed by atoms with Gasteiger partial charge in [-0.25, -0.2) is 0 Å². The second-order valence-corrected chi connectivity index (χ2v) is 5.66. The zero-order valence-electron chi connectivity index (χ0n) is 13.4. The third kappa shape index (κ3) is 2.99. The minimum Gasteiger partial charge on any atom is -0.454 e. The lowest BCUT2D eigenvalue weighted by atomic mass is 9.96. The number of aliphatic hydroxyl groups excluding tert-OH is 1. The summed E-state index contributed by atoms with van der Waals surface area (Å²) in [5, 5.41) is 12.2. The monoisotopic (exact) mass is 343 g/mol. The molecule has 0 spiro atoms. The van der Waals surface area contributed by atoms with Crippen LogP contribution in [-0.2, 0) is 0 Å². The Labute approximate surface area is 144 Å². The maximum absolute atomic E-state index is 13.0. The van der Waals surface area contributed by atoms with E-state index in [-0.39, 0.29) is 32.5 Å². The molecule has 0 amide bonds. The Kier molecular flexibility index (Phi) is 4.17. The largest absolute Gasteiger partial charge is 0.454 e. The van der Waals surface area contributed by atoms with Gasteiger partial charge in [0.1, 0.15) is 0 Å². The highest BCUT2D eigenvalue weighted by atomic mass is 16.7. The Morgan fingerprint density at radius 1 is 0.960 bits per heavy atom. The first kappa shape index (κ1) is 15.7. The van der Waals surface area contributed by atoms with Gasteiger partial charge in [-0.1, -0.05) is 6.07 Å². The third-order valence-electron chi connectivity index (χ3n) is 4.11. The number of carbonyl (C=O) groups is 1. The third-order valence-corrected chi connectivity index (χ3v) is 4.11. The van der Waals surface area contributed by atoms with Gasteiger partial charge in [0.15, 0.2) is 28.8 Å². The molecule has 25 heavy (non-hydrogen) atoms. The Morgan fingerprint density at radius 2 is 1.60 bits per heavy atom. The summed E-state index contributed by atoms with van der Waals surface area (Å²) in [4.78, 5) is 13.0. The van der Waals surface area contributed by atoms with E-state index in [1.165, 1.54) is 0 Å². The van der Waals surface area contributed by atoms with Gasteiger partial charge in [0.2, 0.25) is 13.6 Å². The molecule has 1 atom stereocenters. The predicted molar refractivity (Wildman–Crippen MR) is 87.3 cm³/mol.